The SMILES string of the molecule is Fc1ccc(Nc2nc3c(-c4ncn[nH]4)cccc3c3cscc23)c(Cl)c1.Fc1ccc(Nc2nc3c(-c4ncn[nH]4)cccc3c3cscc23)c(F)c1.c1cc(Nc2nc3c(-c4ncn[nH]4)cccc3c3cscc23)cc(OCCN2CCOCC2)c1.c1cc(Nc2nc3c(-c4ncn[nH]4)cccc3c3cscc23)cc(OCCN2CCOCC2)c1. The molecule has 2 aliphatic heterocycles. The maximum atomic E-state index is 14.1. The van der Waals surface area contributed by atoms with E-state index in [2.05, 4.69) is 131 Å². The topological polar surface area (TPSA) is 309 Å². The fraction of sp³-hybridized carbons (Fsp3) is 0.136. The number of ether oxygens (including phenoxy) is 4. The van der Waals surface area contributed by atoms with Gasteiger partial charge in [0.15, 0.2) is 23.3 Å². The molecule has 0 atom stereocenters. The molecule has 0 spiro atoms. The lowest BCUT2D eigenvalue weighted by Crippen LogP contribution is -2.38. The average molecular weight is 1720 g/mol. The number of nitrogens with one attached hydrogen (secondary N) is 8. The van der Waals surface area contributed by atoms with Crippen LogP contribution in [0.5, 0.6) is 11.5 Å². The number of H-pyrrole nitrogens is 4. The van der Waals surface area contributed by atoms with Gasteiger partial charge in [0.2, 0.25) is 0 Å². The van der Waals surface area contributed by atoms with E-state index in [0.29, 0.717) is 64.4 Å². The predicted octanol–water partition coefficient (Wildman–Crippen LogP) is 20.4. The summed E-state index contributed by atoms with van der Waals surface area (Å²) in [4.78, 5) is 41.5. The van der Waals surface area contributed by atoms with Crippen LogP contribution in [0.3, 0.4) is 0 Å². The molecule has 34 heteroatoms. The van der Waals surface area contributed by atoms with Gasteiger partial charge in [0.25, 0.3) is 0 Å². The molecule has 20 aromatic rings. The molecule has 14 heterocycles. The van der Waals surface area contributed by atoms with E-state index in [0.717, 1.165) is 210 Å². The second-order valence-corrected chi connectivity index (χ2v) is 31.6. The van der Waals surface area contributed by atoms with E-state index in [1.165, 1.54) is 60.9 Å². The van der Waals surface area contributed by atoms with Crippen molar-refractivity contribution >= 4 is 190 Å². The second kappa shape index (κ2) is 35.8. The van der Waals surface area contributed by atoms with Crippen LogP contribution in [-0.2, 0) is 9.47 Å². The van der Waals surface area contributed by atoms with Crippen LogP contribution in [0.25, 0.3) is 132 Å². The number of hydrogen-bond acceptors (Lipinski definition) is 26. The number of fused-ring (bicyclic) bond motifs is 12. The van der Waals surface area contributed by atoms with Gasteiger partial charge in [0.1, 0.15) is 90.7 Å². The first-order chi connectivity index (χ1) is 60.1. The Balaban J connectivity index is 0.000000108. The third kappa shape index (κ3) is 17.0. The Morgan fingerprint density at radius 1 is 0.361 bits per heavy atom. The molecule has 0 amide bonds. The zero-order valence-electron chi connectivity index (χ0n) is 64.5. The Kier molecular flexibility index (Phi) is 23.0. The Bertz CT molecular complexity index is 6650. The summed E-state index contributed by atoms with van der Waals surface area (Å²) in [5.41, 5.74) is 9.37. The molecule has 0 saturated carbocycles. The molecule has 8 N–H and O–H groups in total. The van der Waals surface area contributed by atoms with Crippen LogP contribution in [0.1, 0.15) is 0 Å². The molecule has 26 nitrogen and oxygen atoms in total. The lowest BCUT2D eigenvalue weighted by Gasteiger charge is -2.26. The van der Waals surface area contributed by atoms with Crippen LogP contribution >= 0.6 is 56.9 Å². The van der Waals surface area contributed by atoms with Gasteiger partial charge < -0.3 is 40.2 Å². The first kappa shape index (κ1) is 78.4. The maximum Gasteiger partial charge on any atom is 0.157 e. The molecular weight excluding hydrogens is 1650 g/mol. The van der Waals surface area contributed by atoms with Crippen molar-refractivity contribution in [1.82, 2.24) is 90.5 Å². The Morgan fingerprint density at radius 2 is 0.689 bits per heavy atom. The number of halogens is 4. The van der Waals surface area contributed by atoms with E-state index in [4.69, 9.17) is 50.5 Å². The fourth-order valence-electron chi connectivity index (χ4n) is 14.7. The van der Waals surface area contributed by atoms with Gasteiger partial charge in [-0.3, -0.25) is 30.2 Å². The average Bonchev–Trinajstić information content (AvgIpc) is 1.50. The van der Waals surface area contributed by atoms with Crippen molar-refractivity contribution in [2.45, 2.75) is 0 Å². The van der Waals surface area contributed by atoms with Crippen molar-refractivity contribution in [2.24, 2.45) is 0 Å². The molecule has 0 bridgehead atoms. The molecule has 2 fully saturated rings. The molecule has 12 aromatic heterocycles. The first-order valence-electron chi connectivity index (χ1n) is 38.7. The number of morpholine rings is 2. The van der Waals surface area contributed by atoms with Crippen LogP contribution < -0.4 is 30.7 Å². The summed E-state index contributed by atoms with van der Waals surface area (Å²) in [6.07, 6.45) is 5.93. The number of nitrogens with zero attached hydrogens (tertiary/aromatic N) is 14. The summed E-state index contributed by atoms with van der Waals surface area (Å²) in [5, 5.41) is 70.4. The number of benzene rings is 8. The lowest BCUT2D eigenvalue weighted by molar-refractivity contribution is 0.0322. The summed E-state index contributed by atoms with van der Waals surface area (Å²) in [6.45, 7) is 10.1. The van der Waals surface area contributed by atoms with Crippen LogP contribution in [0, 0.1) is 17.5 Å². The normalized spacial score (nSPS) is 13.1. The van der Waals surface area contributed by atoms with E-state index in [1.54, 1.807) is 40.1 Å². The van der Waals surface area contributed by atoms with Gasteiger partial charge in [-0.1, -0.05) is 72.3 Å². The lowest BCUT2D eigenvalue weighted by atomic mass is 10.1. The van der Waals surface area contributed by atoms with Crippen LogP contribution in [0.2, 0.25) is 5.02 Å². The molecule has 0 unspecified atom stereocenters. The van der Waals surface area contributed by atoms with Crippen molar-refractivity contribution < 1.29 is 32.1 Å². The highest BCUT2D eigenvalue weighted by molar-refractivity contribution is 7.10. The number of thiophene rings is 4. The molecule has 122 heavy (non-hydrogen) atoms. The first-order valence-corrected chi connectivity index (χ1v) is 42.9. The van der Waals surface area contributed by atoms with Crippen LogP contribution in [-0.4, -0.2) is 169 Å². The number of anilines is 8. The van der Waals surface area contributed by atoms with Crippen molar-refractivity contribution in [3.05, 3.63) is 249 Å². The summed E-state index contributed by atoms with van der Waals surface area (Å²) >= 11 is 12.6. The van der Waals surface area contributed by atoms with Gasteiger partial charge in [0, 0.05) is 177 Å². The zero-order chi connectivity index (χ0) is 82.2. The Labute approximate surface area is 713 Å². The monoisotopic (exact) mass is 1720 g/mol. The zero-order valence-corrected chi connectivity index (χ0v) is 68.5. The standard InChI is InChI=1S/2C25H24N6O2S.C19H11ClFN5S.C19H11F2N5S/c2*1-3-17(13-18(4-1)33-12-9-31-7-10-32-11-8-31)28-25-22-15-34-14-21(22)19-5-2-6-20(23(19)29-25)24-26-16-27-30-24;20-15-6-10(21)4-5-16(15)24-19-14-8-27-7-13(14)11-2-1-3-12(17(11)25-19)18-22-9-23-26-18;20-10-4-5-16(15(21)6-10)24-19-14-8-27-7-13(14)11-2-1-3-12(17(11)25-19)18-22-9-23-26-18/h2*1-6,13-16H,7-12H2,(H,28,29)(H,26,27,30);2*1-9H,(H,24,25)(H,22,23,26). The summed E-state index contributed by atoms with van der Waals surface area (Å²) in [5.74, 6) is 5.40. The Hall–Kier alpha value is -13.5. The van der Waals surface area contributed by atoms with E-state index in [9.17, 15) is 13.2 Å². The van der Waals surface area contributed by atoms with Gasteiger partial charge in [-0.2, -0.15) is 65.7 Å². The fourth-order valence-corrected chi connectivity index (χ4v) is 18.3. The van der Waals surface area contributed by atoms with Crippen molar-refractivity contribution in [2.75, 3.05) is 100 Å². The number of aromatic amines is 4. The third-order valence-electron chi connectivity index (χ3n) is 20.7. The minimum absolute atomic E-state index is 0.160. The van der Waals surface area contributed by atoms with Crippen molar-refractivity contribution in [1.29, 1.82) is 0 Å². The second-order valence-electron chi connectivity index (χ2n) is 28.2. The highest BCUT2D eigenvalue weighted by atomic mass is 35.5. The molecule has 8 aromatic carbocycles. The molecule has 22 rings (SSSR count). The van der Waals surface area contributed by atoms with Crippen LogP contribution in [0.4, 0.5) is 59.2 Å². The van der Waals surface area contributed by atoms with Crippen LogP contribution in [0.15, 0.2) is 226 Å². The van der Waals surface area contributed by atoms with E-state index < -0.39 is 11.6 Å². The molecule has 0 radical (unpaired) electrons. The van der Waals surface area contributed by atoms with Gasteiger partial charge in [-0.05, 0) is 100 Å². The number of aromatic nitrogens is 16. The van der Waals surface area contributed by atoms with Gasteiger partial charge in [-0.25, -0.2) is 53.0 Å². The molecular formula is C88H70ClF3N22O4S4. The van der Waals surface area contributed by atoms with E-state index >= 15 is 0 Å². The largest absolute Gasteiger partial charge is 0.492 e. The predicted molar refractivity (Wildman–Crippen MR) is 479 cm³/mol. The number of rotatable bonds is 20. The number of hydrogen-bond donors (Lipinski definition) is 8. The Morgan fingerprint density at radius 3 is 1.03 bits per heavy atom. The minimum atomic E-state index is -0.677. The van der Waals surface area contributed by atoms with Crippen molar-refractivity contribution in [3.63, 3.8) is 0 Å². The van der Waals surface area contributed by atoms with E-state index in [1.807, 2.05) is 125 Å². The molecule has 2 saturated heterocycles. The highest BCUT2D eigenvalue weighted by Gasteiger charge is 2.23. The molecule has 0 aliphatic carbocycles. The maximum absolute atomic E-state index is 14.1. The van der Waals surface area contributed by atoms with Gasteiger partial charge in [-0.15, -0.1) is 0 Å². The quantitative estimate of drug-likeness (QED) is 0.0351. The number of para-hydroxylation sites is 4. The smallest absolute Gasteiger partial charge is 0.157 e. The summed E-state index contributed by atoms with van der Waals surface area (Å²) in [7, 11) is 0. The molecule has 2 aliphatic rings. The molecule has 608 valence electrons. The number of pyridine rings is 4. The van der Waals surface area contributed by atoms with Gasteiger partial charge >= 0.3 is 0 Å². The summed E-state index contributed by atoms with van der Waals surface area (Å²) < 4.78 is 63.6. The third-order valence-corrected chi connectivity index (χ3v) is 24.0. The van der Waals surface area contributed by atoms with Crippen molar-refractivity contribution in [3.8, 4) is 57.1 Å². The summed E-state index contributed by atoms with van der Waals surface area (Å²) in [6, 6.07) is 47.8. The van der Waals surface area contributed by atoms with Gasteiger partial charge in [0.05, 0.1) is 64.9 Å². The van der Waals surface area contributed by atoms with E-state index in [-0.39, 0.29) is 11.5 Å². The minimum Gasteiger partial charge on any atom is -0.492 e. The highest BCUT2D eigenvalue weighted by Crippen LogP contribution is 2.43.